The molecule has 3 amide bonds. The summed E-state index contributed by atoms with van der Waals surface area (Å²) in [5.41, 5.74) is 0.746. The summed E-state index contributed by atoms with van der Waals surface area (Å²) in [6, 6.07) is 6.55. The van der Waals surface area contributed by atoms with E-state index in [4.69, 9.17) is 5.11 Å². The maximum atomic E-state index is 12.5. The second-order valence-corrected chi connectivity index (χ2v) is 5.93. The van der Waals surface area contributed by atoms with Gasteiger partial charge in [-0.25, -0.2) is 4.79 Å². The number of halogens is 3. The van der Waals surface area contributed by atoms with Crippen LogP contribution in [-0.4, -0.2) is 46.3 Å². The van der Waals surface area contributed by atoms with Crippen LogP contribution in [0, 0.1) is 0 Å². The molecule has 2 aliphatic rings. The maximum Gasteiger partial charge on any atom is 0.416 e. The number of imide groups is 1. The SMILES string of the molecule is O=C1N[C@]2(CCc3ccccc3C2)C(=O)N1C[C@H](O)C(F)(F)F. The molecule has 1 aliphatic heterocycles. The summed E-state index contributed by atoms with van der Waals surface area (Å²) in [5.74, 6) is -0.708. The van der Waals surface area contributed by atoms with E-state index in [0.717, 1.165) is 11.1 Å². The van der Waals surface area contributed by atoms with Gasteiger partial charge in [0.25, 0.3) is 5.91 Å². The molecule has 8 heteroatoms. The van der Waals surface area contributed by atoms with Gasteiger partial charge in [-0.05, 0) is 24.0 Å². The molecule has 0 radical (unpaired) electrons. The third-order valence-corrected chi connectivity index (χ3v) is 4.41. The number of amides is 3. The summed E-state index contributed by atoms with van der Waals surface area (Å²) < 4.78 is 37.4. The van der Waals surface area contributed by atoms with Crippen LogP contribution in [0.3, 0.4) is 0 Å². The van der Waals surface area contributed by atoms with E-state index >= 15 is 0 Å². The fourth-order valence-corrected chi connectivity index (χ4v) is 3.14. The van der Waals surface area contributed by atoms with Gasteiger partial charge < -0.3 is 10.4 Å². The molecule has 1 spiro atoms. The molecular formula is C15H15F3N2O3. The number of aryl methyl sites for hydroxylation is 1. The van der Waals surface area contributed by atoms with Gasteiger partial charge in [-0.1, -0.05) is 24.3 Å². The lowest BCUT2D eigenvalue weighted by Crippen LogP contribution is -2.52. The second-order valence-electron chi connectivity index (χ2n) is 5.93. The van der Waals surface area contributed by atoms with Crippen LogP contribution in [0.2, 0.25) is 0 Å². The zero-order valence-electron chi connectivity index (χ0n) is 12.1. The Hall–Kier alpha value is -2.09. The quantitative estimate of drug-likeness (QED) is 0.806. The lowest BCUT2D eigenvalue weighted by molar-refractivity contribution is -0.206. The van der Waals surface area contributed by atoms with Crippen molar-refractivity contribution in [2.45, 2.75) is 37.1 Å². The number of rotatable bonds is 2. The first-order valence-electron chi connectivity index (χ1n) is 7.19. The van der Waals surface area contributed by atoms with Gasteiger partial charge in [0.2, 0.25) is 0 Å². The van der Waals surface area contributed by atoms with Crippen LogP contribution in [0.5, 0.6) is 0 Å². The topological polar surface area (TPSA) is 69.6 Å². The first kappa shape index (κ1) is 15.8. The summed E-state index contributed by atoms with van der Waals surface area (Å²) in [4.78, 5) is 24.9. The average Bonchev–Trinajstić information content (AvgIpc) is 2.70. The Labute approximate surface area is 130 Å². The minimum absolute atomic E-state index is 0.242. The van der Waals surface area contributed by atoms with Crippen LogP contribution in [-0.2, 0) is 17.6 Å². The largest absolute Gasteiger partial charge is 0.416 e. The molecule has 23 heavy (non-hydrogen) atoms. The Morgan fingerprint density at radius 2 is 1.91 bits per heavy atom. The van der Waals surface area contributed by atoms with Gasteiger partial charge in [0.1, 0.15) is 5.54 Å². The van der Waals surface area contributed by atoms with Gasteiger partial charge in [-0.3, -0.25) is 9.69 Å². The van der Waals surface area contributed by atoms with Crippen molar-refractivity contribution in [1.29, 1.82) is 0 Å². The number of benzene rings is 1. The van der Waals surface area contributed by atoms with Crippen molar-refractivity contribution in [3.63, 3.8) is 0 Å². The highest BCUT2D eigenvalue weighted by atomic mass is 19.4. The number of nitrogens with one attached hydrogen (secondary N) is 1. The van der Waals surface area contributed by atoms with Gasteiger partial charge in [0.15, 0.2) is 6.10 Å². The Morgan fingerprint density at radius 1 is 1.26 bits per heavy atom. The predicted molar refractivity (Wildman–Crippen MR) is 73.5 cm³/mol. The molecule has 0 aromatic heterocycles. The van der Waals surface area contributed by atoms with Gasteiger partial charge in [-0.2, -0.15) is 13.2 Å². The van der Waals surface area contributed by atoms with Crippen LogP contribution in [0.4, 0.5) is 18.0 Å². The van der Waals surface area contributed by atoms with Crippen LogP contribution in [0.1, 0.15) is 17.5 Å². The molecular weight excluding hydrogens is 313 g/mol. The number of carbonyl (C=O) groups is 2. The minimum atomic E-state index is -4.88. The van der Waals surface area contributed by atoms with E-state index in [2.05, 4.69) is 5.32 Å². The summed E-state index contributed by atoms with van der Waals surface area (Å²) in [6.45, 7) is -1.09. The molecule has 0 saturated carbocycles. The minimum Gasteiger partial charge on any atom is -0.382 e. The number of aliphatic hydroxyl groups is 1. The number of alkyl halides is 3. The zero-order valence-corrected chi connectivity index (χ0v) is 12.1. The fourth-order valence-electron chi connectivity index (χ4n) is 3.14. The number of hydrogen-bond donors (Lipinski definition) is 2. The van der Waals surface area contributed by atoms with Gasteiger partial charge >= 0.3 is 12.2 Å². The molecule has 1 fully saturated rings. The molecule has 1 aliphatic carbocycles. The van der Waals surface area contributed by atoms with Crippen molar-refractivity contribution in [2.75, 3.05) is 6.54 Å². The average molecular weight is 328 g/mol. The molecule has 124 valence electrons. The van der Waals surface area contributed by atoms with Gasteiger partial charge in [0.05, 0.1) is 6.54 Å². The number of urea groups is 1. The lowest BCUT2D eigenvalue weighted by Gasteiger charge is -2.32. The molecule has 5 nitrogen and oxygen atoms in total. The standard InChI is InChI=1S/C15H15F3N2O3/c16-15(17,18)11(21)8-20-12(22)14(19-13(20)23)6-5-9-3-1-2-4-10(9)7-14/h1-4,11,21H,5-8H2,(H,19,23)/t11-,14-/m0/s1. The zero-order chi connectivity index (χ0) is 16.8. The van der Waals surface area contributed by atoms with E-state index in [1.165, 1.54) is 0 Å². The van der Waals surface area contributed by atoms with Crippen LogP contribution in [0.25, 0.3) is 0 Å². The summed E-state index contributed by atoms with van der Waals surface area (Å²) in [6.07, 6.45) is -6.50. The van der Waals surface area contributed by atoms with Crippen LogP contribution >= 0.6 is 0 Å². The molecule has 1 aromatic carbocycles. The monoisotopic (exact) mass is 328 g/mol. The highest BCUT2D eigenvalue weighted by Crippen LogP contribution is 2.34. The number of aliphatic hydroxyl groups excluding tert-OH is 1. The van der Waals surface area contributed by atoms with E-state index in [1.54, 1.807) is 0 Å². The molecule has 1 saturated heterocycles. The molecule has 1 heterocycles. The Bertz CT molecular complexity index is 662. The highest BCUT2D eigenvalue weighted by molar-refractivity contribution is 6.07. The van der Waals surface area contributed by atoms with E-state index < -0.39 is 36.3 Å². The smallest absolute Gasteiger partial charge is 0.382 e. The summed E-state index contributed by atoms with van der Waals surface area (Å²) in [5, 5.41) is 11.7. The van der Waals surface area contributed by atoms with Crippen LogP contribution < -0.4 is 5.32 Å². The number of hydrogen-bond acceptors (Lipinski definition) is 3. The van der Waals surface area contributed by atoms with Gasteiger partial charge in [0, 0.05) is 6.42 Å². The summed E-state index contributed by atoms with van der Waals surface area (Å²) >= 11 is 0. The van der Waals surface area contributed by atoms with Gasteiger partial charge in [-0.15, -0.1) is 0 Å². The first-order chi connectivity index (χ1) is 10.7. The Morgan fingerprint density at radius 3 is 2.57 bits per heavy atom. The third kappa shape index (κ3) is 2.67. The second kappa shape index (κ2) is 5.23. The first-order valence-corrected chi connectivity index (χ1v) is 7.19. The van der Waals surface area contributed by atoms with Crippen molar-refractivity contribution >= 4 is 11.9 Å². The highest BCUT2D eigenvalue weighted by Gasteiger charge is 2.54. The molecule has 0 unspecified atom stereocenters. The summed E-state index contributed by atoms with van der Waals surface area (Å²) in [7, 11) is 0. The number of nitrogens with zero attached hydrogens (tertiary/aromatic N) is 1. The predicted octanol–water partition coefficient (Wildman–Crippen LogP) is 1.39. The van der Waals surface area contributed by atoms with Crippen molar-refractivity contribution < 1.29 is 27.9 Å². The molecule has 0 bridgehead atoms. The number of carbonyl (C=O) groups excluding carboxylic acids is 2. The van der Waals surface area contributed by atoms with Crippen molar-refractivity contribution in [3.05, 3.63) is 35.4 Å². The fraction of sp³-hybridized carbons (Fsp3) is 0.467. The number of β-amino-alcohol motifs (C(OH)–C–C–N with tert-alkyl or cyclic N) is 1. The normalized spacial score (nSPS) is 25.5. The molecule has 1 aromatic rings. The maximum absolute atomic E-state index is 12.5. The van der Waals surface area contributed by atoms with E-state index in [-0.39, 0.29) is 6.42 Å². The van der Waals surface area contributed by atoms with Crippen molar-refractivity contribution in [2.24, 2.45) is 0 Å². The van der Waals surface area contributed by atoms with E-state index in [9.17, 15) is 22.8 Å². The molecule has 3 rings (SSSR count). The third-order valence-electron chi connectivity index (χ3n) is 4.41. The molecule has 2 N–H and O–H groups in total. The number of fused-ring (bicyclic) bond motifs is 1. The van der Waals surface area contributed by atoms with Crippen LogP contribution in [0.15, 0.2) is 24.3 Å². The van der Waals surface area contributed by atoms with Crippen molar-refractivity contribution in [1.82, 2.24) is 10.2 Å². The Balaban J connectivity index is 1.82. The van der Waals surface area contributed by atoms with Crippen molar-refractivity contribution in [3.8, 4) is 0 Å². The molecule has 2 atom stereocenters. The Kier molecular flexibility index (Phi) is 3.59. The van der Waals surface area contributed by atoms with E-state index in [0.29, 0.717) is 17.7 Å². The lowest BCUT2D eigenvalue weighted by atomic mass is 9.78. The van der Waals surface area contributed by atoms with E-state index in [1.807, 2.05) is 24.3 Å².